The van der Waals surface area contributed by atoms with Crippen LogP contribution in [0.25, 0.3) is 5.76 Å². The van der Waals surface area contributed by atoms with E-state index in [1.54, 1.807) is 29.2 Å². The fraction of sp³-hybridized carbons (Fsp3) is 0.360. The van der Waals surface area contributed by atoms with Crippen LogP contribution in [0.4, 0.5) is 0 Å². The third kappa shape index (κ3) is 4.29. The van der Waals surface area contributed by atoms with E-state index in [1.807, 2.05) is 31.2 Å². The Morgan fingerprint density at radius 3 is 2.33 bits per heavy atom. The number of hydrogen-bond acceptors (Lipinski definition) is 3. The summed E-state index contributed by atoms with van der Waals surface area (Å²) in [6, 6.07) is 14.0. The fourth-order valence-corrected chi connectivity index (χ4v) is 3.93. The van der Waals surface area contributed by atoms with E-state index < -0.39 is 17.7 Å². The van der Waals surface area contributed by atoms with Crippen LogP contribution in [0.5, 0.6) is 0 Å². The number of aliphatic hydroxyl groups is 1. The Balaban J connectivity index is 2.15. The van der Waals surface area contributed by atoms with Crippen molar-refractivity contribution in [1.29, 1.82) is 0 Å². The Hall–Kier alpha value is -2.59. The maximum Gasteiger partial charge on any atom is 0.295 e. The van der Waals surface area contributed by atoms with Crippen molar-refractivity contribution < 1.29 is 14.7 Å². The minimum absolute atomic E-state index is 0.0106. The van der Waals surface area contributed by atoms with Gasteiger partial charge in [-0.15, -0.1) is 0 Å². The largest absolute Gasteiger partial charge is 0.507 e. The van der Waals surface area contributed by atoms with Crippen LogP contribution in [0.1, 0.15) is 63.3 Å². The predicted octanol–water partition coefficient (Wildman–Crippen LogP) is 5.86. The Kier molecular flexibility index (Phi) is 6.37. The summed E-state index contributed by atoms with van der Waals surface area (Å²) in [6.45, 7) is 8.90. The second-order valence-electron chi connectivity index (χ2n) is 8.73. The van der Waals surface area contributed by atoms with Crippen molar-refractivity contribution in [3.05, 3.63) is 75.8 Å². The second-order valence-corrected chi connectivity index (χ2v) is 9.16. The summed E-state index contributed by atoms with van der Waals surface area (Å²) in [6.07, 6.45) is 1.67. The highest BCUT2D eigenvalue weighted by Crippen LogP contribution is 2.40. The molecule has 2 aromatic rings. The number of carbonyl (C=O) groups excluding carboxylic acids is 2. The summed E-state index contributed by atoms with van der Waals surface area (Å²) in [5, 5.41) is 11.5. The van der Waals surface area contributed by atoms with E-state index in [4.69, 9.17) is 11.6 Å². The Morgan fingerprint density at radius 1 is 1.10 bits per heavy atom. The summed E-state index contributed by atoms with van der Waals surface area (Å²) in [7, 11) is 0. The van der Waals surface area contributed by atoms with E-state index in [9.17, 15) is 14.7 Å². The lowest BCUT2D eigenvalue weighted by atomic mass is 9.85. The van der Waals surface area contributed by atoms with E-state index in [-0.39, 0.29) is 16.7 Å². The van der Waals surface area contributed by atoms with Gasteiger partial charge in [0.25, 0.3) is 11.7 Å². The maximum absolute atomic E-state index is 12.9. The number of nitrogens with zero attached hydrogens (tertiary/aromatic N) is 1. The Labute approximate surface area is 183 Å². The van der Waals surface area contributed by atoms with Gasteiger partial charge in [0.15, 0.2) is 0 Å². The number of unbranched alkanes of at least 4 members (excludes halogenated alkanes) is 1. The average Bonchev–Trinajstić information content (AvgIpc) is 2.95. The van der Waals surface area contributed by atoms with Gasteiger partial charge in [-0.25, -0.2) is 0 Å². The smallest absolute Gasteiger partial charge is 0.295 e. The van der Waals surface area contributed by atoms with Crippen LogP contribution in [-0.4, -0.2) is 28.2 Å². The lowest BCUT2D eigenvalue weighted by Gasteiger charge is -2.26. The van der Waals surface area contributed by atoms with Crippen LogP contribution >= 0.6 is 11.6 Å². The molecule has 1 heterocycles. The lowest BCUT2D eigenvalue weighted by molar-refractivity contribution is -0.139. The van der Waals surface area contributed by atoms with Crippen LogP contribution in [0.2, 0.25) is 5.02 Å². The molecule has 0 bridgehead atoms. The third-order valence-corrected chi connectivity index (χ3v) is 5.72. The number of benzene rings is 2. The number of aliphatic hydroxyl groups excluding tert-OH is 1. The van der Waals surface area contributed by atoms with Crippen molar-refractivity contribution >= 4 is 29.1 Å². The molecule has 0 spiro atoms. The number of likely N-dealkylation sites (tertiary alicyclic amines) is 1. The van der Waals surface area contributed by atoms with Crippen molar-refractivity contribution in [2.45, 2.75) is 52.0 Å². The van der Waals surface area contributed by atoms with Gasteiger partial charge in [0, 0.05) is 17.1 Å². The summed E-state index contributed by atoms with van der Waals surface area (Å²) >= 11 is 6.08. The number of amides is 1. The number of rotatable bonds is 5. The average molecular weight is 426 g/mol. The van der Waals surface area contributed by atoms with Crippen LogP contribution in [-0.2, 0) is 15.0 Å². The highest BCUT2D eigenvalue weighted by molar-refractivity contribution is 6.46. The first-order valence-electron chi connectivity index (χ1n) is 10.3. The van der Waals surface area contributed by atoms with E-state index in [0.717, 1.165) is 24.0 Å². The summed E-state index contributed by atoms with van der Waals surface area (Å²) in [4.78, 5) is 27.4. The molecule has 1 amide bonds. The molecule has 4 nitrogen and oxygen atoms in total. The molecule has 1 fully saturated rings. The molecule has 0 aromatic heterocycles. The molecule has 30 heavy (non-hydrogen) atoms. The van der Waals surface area contributed by atoms with Gasteiger partial charge in [0.05, 0.1) is 11.6 Å². The summed E-state index contributed by atoms with van der Waals surface area (Å²) in [5.41, 5.74) is 2.49. The molecule has 0 saturated carbocycles. The summed E-state index contributed by atoms with van der Waals surface area (Å²) < 4.78 is 0. The van der Waals surface area contributed by atoms with Gasteiger partial charge >= 0.3 is 0 Å². The predicted molar refractivity (Wildman–Crippen MR) is 121 cm³/mol. The SMILES string of the molecule is CCCCN1C(=O)C(=O)/C(=C(\O)c2cccc(Cl)c2)C1c1ccc(C(C)(C)C)cc1. The monoisotopic (exact) mass is 425 g/mol. The zero-order valence-electron chi connectivity index (χ0n) is 17.9. The molecule has 158 valence electrons. The van der Waals surface area contributed by atoms with Crippen molar-refractivity contribution in [1.82, 2.24) is 4.90 Å². The first-order valence-corrected chi connectivity index (χ1v) is 10.7. The zero-order valence-corrected chi connectivity index (χ0v) is 18.7. The van der Waals surface area contributed by atoms with Crippen molar-refractivity contribution in [3.8, 4) is 0 Å². The van der Waals surface area contributed by atoms with Crippen molar-refractivity contribution in [3.63, 3.8) is 0 Å². The van der Waals surface area contributed by atoms with Crippen LogP contribution < -0.4 is 0 Å². The second kappa shape index (κ2) is 8.65. The van der Waals surface area contributed by atoms with Gasteiger partial charge < -0.3 is 10.0 Å². The minimum Gasteiger partial charge on any atom is -0.507 e. The van der Waals surface area contributed by atoms with Crippen LogP contribution in [0.15, 0.2) is 54.1 Å². The first kappa shape index (κ1) is 22.1. The molecule has 3 rings (SSSR count). The van der Waals surface area contributed by atoms with Gasteiger partial charge in [-0.3, -0.25) is 9.59 Å². The number of hydrogen-bond donors (Lipinski definition) is 1. The standard InChI is InChI=1S/C25H28ClNO3/c1-5-6-14-27-21(16-10-12-18(13-11-16)25(2,3)4)20(23(29)24(27)30)22(28)17-8-7-9-19(26)15-17/h7-13,15,21,28H,5-6,14H2,1-4H3/b22-20-. The molecular formula is C25H28ClNO3. The number of halogens is 1. The van der Waals surface area contributed by atoms with Gasteiger partial charge in [0.1, 0.15) is 5.76 Å². The third-order valence-electron chi connectivity index (χ3n) is 5.48. The molecule has 1 N–H and O–H groups in total. The molecule has 2 aromatic carbocycles. The molecular weight excluding hydrogens is 398 g/mol. The minimum atomic E-state index is -0.659. The molecule has 1 aliphatic rings. The zero-order chi connectivity index (χ0) is 22.1. The molecule has 1 aliphatic heterocycles. The van der Waals surface area contributed by atoms with Gasteiger partial charge in [0.2, 0.25) is 0 Å². The van der Waals surface area contributed by atoms with Crippen molar-refractivity contribution in [2.75, 3.05) is 6.54 Å². The number of carbonyl (C=O) groups is 2. The van der Waals surface area contributed by atoms with Gasteiger partial charge in [-0.1, -0.05) is 82.1 Å². The van der Waals surface area contributed by atoms with Crippen LogP contribution in [0.3, 0.4) is 0 Å². The van der Waals surface area contributed by atoms with Crippen molar-refractivity contribution in [2.24, 2.45) is 0 Å². The highest BCUT2D eigenvalue weighted by atomic mass is 35.5. The van der Waals surface area contributed by atoms with E-state index in [0.29, 0.717) is 17.1 Å². The maximum atomic E-state index is 12.9. The first-order chi connectivity index (χ1) is 14.1. The van der Waals surface area contributed by atoms with Gasteiger partial charge in [-0.2, -0.15) is 0 Å². The quantitative estimate of drug-likeness (QED) is 0.371. The highest BCUT2D eigenvalue weighted by Gasteiger charge is 2.45. The number of ketones is 1. The Morgan fingerprint density at radius 2 is 1.77 bits per heavy atom. The van der Waals surface area contributed by atoms with E-state index >= 15 is 0 Å². The van der Waals surface area contributed by atoms with E-state index in [2.05, 4.69) is 20.8 Å². The molecule has 1 atom stereocenters. The topological polar surface area (TPSA) is 57.6 Å². The van der Waals surface area contributed by atoms with Gasteiger partial charge in [-0.05, 0) is 35.1 Å². The molecule has 0 aliphatic carbocycles. The molecule has 1 unspecified atom stereocenters. The molecule has 1 saturated heterocycles. The molecule has 0 radical (unpaired) electrons. The normalized spacial score (nSPS) is 18.8. The summed E-state index contributed by atoms with van der Waals surface area (Å²) in [5.74, 6) is -1.43. The van der Waals surface area contributed by atoms with E-state index in [1.165, 1.54) is 0 Å². The lowest BCUT2D eigenvalue weighted by Crippen LogP contribution is -2.30. The molecule has 5 heteroatoms. The Bertz CT molecular complexity index is 986. The number of Topliss-reactive ketones (excluding diaryl/α,β-unsaturated/α-hetero) is 1. The van der Waals surface area contributed by atoms with Crippen LogP contribution in [0, 0.1) is 0 Å². The fourth-order valence-electron chi connectivity index (χ4n) is 3.74.